The summed E-state index contributed by atoms with van der Waals surface area (Å²) in [7, 11) is 0. The number of rotatable bonds is 3. The molecule has 0 aliphatic rings. The molecule has 0 atom stereocenters. The molecule has 0 N–H and O–H groups in total. The third-order valence-electron chi connectivity index (χ3n) is 2.38. The molecule has 0 aliphatic carbocycles. The number of nitro benzene ring substituents is 1. The van der Waals surface area contributed by atoms with Crippen LogP contribution in [0.2, 0.25) is 5.02 Å². The predicted octanol–water partition coefficient (Wildman–Crippen LogP) is 2.36. The van der Waals surface area contributed by atoms with Crippen LogP contribution in [0.15, 0.2) is 30.6 Å². The minimum absolute atomic E-state index is 0.0925. The van der Waals surface area contributed by atoms with Crippen LogP contribution in [-0.4, -0.2) is 14.5 Å². The van der Waals surface area contributed by atoms with Crippen molar-refractivity contribution in [1.82, 2.24) is 9.55 Å². The highest BCUT2D eigenvalue weighted by atomic mass is 35.5. The summed E-state index contributed by atoms with van der Waals surface area (Å²) < 4.78 is 1.60. The maximum atomic E-state index is 10.7. The van der Waals surface area contributed by atoms with Crippen molar-refractivity contribution in [3.8, 4) is 6.07 Å². The highest BCUT2D eigenvalue weighted by Crippen LogP contribution is 2.25. The summed E-state index contributed by atoms with van der Waals surface area (Å²) in [5.41, 5.74) is 0.536. The van der Waals surface area contributed by atoms with E-state index in [-0.39, 0.29) is 16.5 Å². The van der Waals surface area contributed by atoms with E-state index in [1.54, 1.807) is 16.8 Å². The summed E-state index contributed by atoms with van der Waals surface area (Å²) >= 11 is 5.72. The Labute approximate surface area is 107 Å². The first-order valence-electron chi connectivity index (χ1n) is 4.96. The van der Waals surface area contributed by atoms with Crippen molar-refractivity contribution < 1.29 is 4.92 Å². The monoisotopic (exact) mass is 262 g/mol. The van der Waals surface area contributed by atoms with Crippen LogP contribution in [0.25, 0.3) is 0 Å². The van der Waals surface area contributed by atoms with Crippen molar-refractivity contribution in [2.75, 3.05) is 0 Å². The zero-order valence-electron chi connectivity index (χ0n) is 9.08. The van der Waals surface area contributed by atoms with E-state index in [4.69, 9.17) is 16.9 Å². The average molecular weight is 263 g/mol. The Hall–Kier alpha value is -2.39. The van der Waals surface area contributed by atoms with Gasteiger partial charge in [-0.1, -0.05) is 17.7 Å². The Morgan fingerprint density at radius 2 is 2.33 bits per heavy atom. The maximum Gasteiger partial charge on any atom is 0.288 e. The molecule has 6 nitrogen and oxygen atoms in total. The second-order valence-electron chi connectivity index (χ2n) is 3.53. The van der Waals surface area contributed by atoms with Gasteiger partial charge in [-0.25, -0.2) is 4.98 Å². The van der Waals surface area contributed by atoms with Gasteiger partial charge in [0.1, 0.15) is 11.1 Å². The van der Waals surface area contributed by atoms with Crippen molar-refractivity contribution in [3.63, 3.8) is 0 Å². The lowest BCUT2D eigenvalue weighted by atomic mass is 10.2. The number of nitrogens with zero attached hydrogens (tertiary/aromatic N) is 4. The molecule has 0 bridgehead atoms. The molecule has 0 saturated carbocycles. The van der Waals surface area contributed by atoms with Crippen LogP contribution in [0.1, 0.15) is 11.4 Å². The molecule has 0 spiro atoms. The van der Waals surface area contributed by atoms with Gasteiger partial charge in [0.25, 0.3) is 5.69 Å². The van der Waals surface area contributed by atoms with Crippen LogP contribution in [0, 0.1) is 21.4 Å². The van der Waals surface area contributed by atoms with Gasteiger partial charge in [0.2, 0.25) is 5.82 Å². The molecule has 1 aromatic heterocycles. The highest BCUT2D eigenvalue weighted by Gasteiger charge is 2.13. The number of nitriles is 1. The summed E-state index contributed by atoms with van der Waals surface area (Å²) in [6.07, 6.45) is 3.14. The third-order valence-corrected chi connectivity index (χ3v) is 2.70. The Morgan fingerprint density at radius 3 is 3.00 bits per heavy atom. The molecule has 0 radical (unpaired) electrons. The fourth-order valence-electron chi connectivity index (χ4n) is 1.54. The van der Waals surface area contributed by atoms with Gasteiger partial charge in [0, 0.05) is 25.0 Å². The Bertz CT molecular complexity index is 645. The lowest BCUT2D eigenvalue weighted by Gasteiger charge is -2.04. The van der Waals surface area contributed by atoms with Crippen molar-refractivity contribution in [3.05, 3.63) is 57.1 Å². The number of benzene rings is 1. The Balaban J connectivity index is 2.34. The molecule has 7 heteroatoms. The van der Waals surface area contributed by atoms with E-state index in [2.05, 4.69) is 4.98 Å². The van der Waals surface area contributed by atoms with E-state index in [1.165, 1.54) is 18.3 Å². The summed E-state index contributed by atoms with van der Waals surface area (Å²) in [6.45, 7) is 0.334. The van der Waals surface area contributed by atoms with Crippen LogP contribution in [0.4, 0.5) is 5.69 Å². The zero-order valence-corrected chi connectivity index (χ0v) is 9.83. The first kappa shape index (κ1) is 12.1. The van der Waals surface area contributed by atoms with Crippen molar-refractivity contribution in [2.24, 2.45) is 0 Å². The number of halogens is 1. The molecule has 2 rings (SSSR count). The maximum absolute atomic E-state index is 10.7. The van der Waals surface area contributed by atoms with Crippen molar-refractivity contribution in [1.29, 1.82) is 5.26 Å². The predicted molar refractivity (Wildman–Crippen MR) is 64.2 cm³/mol. The van der Waals surface area contributed by atoms with Gasteiger partial charge < -0.3 is 4.57 Å². The van der Waals surface area contributed by atoms with E-state index in [9.17, 15) is 10.1 Å². The second-order valence-corrected chi connectivity index (χ2v) is 3.94. The third kappa shape index (κ3) is 2.31. The van der Waals surface area contributed by atoms with Gasteiger partial charge in [-0.15, -0.1) is 0 Å². The smallest absolute Gasteiger partial charge is 0.288 e. The number of imidazole rings is 1. The van der Waals surface area contributed by atoms with E-state index in [0.29, 0.717) is 12.1 Å². The first-order chi connectivity index (χ1) is 8.61. The lowest BCUT2D eigenvalue weighted by molar-refractivity contribution is -0.384. The van der Waals surface area contributed by atoms with Crippen LogP contribution in [0.3, 0.4) is 0 Å². The fraction of sp³-hybridized carbons (Fsp3) is 0.0909. The SMILES string of the molecule is N#Cc1nccn1Cc1ccc(Cl)c([N+](=O)[O-])c1. The molecule has 90 valence electrons. The molecule has 0 unspecified atom stereocenters. The molecule has 1 heterocycles. The zero-order chi connectivity index (χ0) is 13.1. The van der Waals surface area contributed by atoms with Gasteiger partial charge in [0.15, 0.2) is 0 Å². The molecule has 1 aromatic carbocycles. The van der Waals surface area contributed by atoms with Gasteiger partial charge in [-0.2, -0.15) is 5.26 Å². The summed E-state index contributed by atoms with van der Waals surface area (Å²) in [6, 6.07) is 6.48. The van der Waals surface area contributed by atoms with E-state index < -0.39 is 4.92 Å². The van der Waals surface area contributed by atoms with Gasteiger partial charge in [0.05, 0.1) is 4.92 Å². The molecule has 0 saturated heterocycles. The molecular weight excluding hydrogens is 256 g/mol. The van der Waals surface area contributed by atoms with Gasteiger partial charge >= 0.3 is 0 Å². The first-order valence-corrected chi connectivity index (χ1v) is 5.33. The van der Waals surface area contributed by atoms with Gasteiger partial charge in [-0.05, 0) is 11.6 Å². The second kappa shape index (κ2) is 4.85. The van der Waals surface area contributed by atoms with E-state index in [0.717, 1.165) is 0 Å². The standard InChI is InChI=1S/C11H7ClN4O2/c12-9-2-1-8(5-10(9)16(17)18)7-15-4-3-14-11(15)6-13/h1-5H,7H2. The Morgan fingerprint density at radius 1 is 1.56 bits per heavy atom. The number of hydrogen-bond donors (Lipinski definition) is 0. The Kier molecular flexibility index (Phi) is 3.26. The molecule has 2 aromatic rings. The summed E-state index contributed by atoms with van der Waals surface area (Å²) in [5, 5.41) is 19.7. The van der Waals surface area contributed by atoms with E-state index in [1.807, 2.05) is 6.07 Å². The molecular formula is C11H7ClN4O2. The van der Waals surface area contributed by atoms with E-state index >= 15 is 0 Å². The summed E-state index contributed by atoms with van der Waals surface area (Å²) in [5.74, 6) is 0.257. The minimum atomic E-state index is -0.537. The quantitative estimate of drug-likeness (QED) is 0.628. The van der Waals surface area contributed by atoms with Crippen LogP contribution in [-0.2, 0) is 6.54 Å². The average Bonchev–Trinajstić information content (AvgIpc) is 2.78. The minimum Gasteiger partial charge on any atom is -0.318 e. The lowest BCUT2D eigenvalue weighted by Crippen LogP contribution is -2.02. The van der Waals surface area contributed by atoms with Crippen LogP contribution in [0.5, 0.6) is 0 Å². The largest absolute Gasteiger partial charge is 0.318 e. The highest BCUT2D eigenvalue weighted by molar-refractivity contribution is 6.32. The topological polar surface area (TPSA) is 84.8 Å². The van der Waals surface area contributed by atoms with Crippen LogP contribution >= 0.6 is 11.6 Å². The van der Waals surface area contributed by atoms with Crippen molar-refractivity contribution >= 4 is 17.3 Å². The number of aromatic nitrogens is 2. The summed E-state index contributed by atoms with van der Waals surface area (Å²) in [4.78, 5) is 14.1. The van der Waals surface area contributed by atoms with Crippen LogP contribution < -0.4 is 0 Å². The van der Waals surface area contributed by atoms with Gasteiger partial charge in [-0.3, -0.25) is 10.1 Å². The molecule has 0 fully saturated rings. The number of hydrogen-bond acceptors (Lipinski definition) is 4. The molecule has 0 amide bonds. The molecule has 18 heavy (non-hydrogen) atoms. The molecule has 0 aliphatic heterocycles. The fourth-order valence-corrected chi connectivity index (χ4v) is 1.73. The normalized spacial score (nSPS) is 10.0. The number of nitro groups is 1. The van der Waals surface area contributed by atoms with Crippen molar-refractivity contribution in [2.45, 2.75) is 6.54 Å².